The summed E-state index contributed by atoms with van der Waals surface area (Å²) in [6, 6.07) is 5.50. The minimum atomic E-state index is -0.185. The third-order valence-electron chi connectivity index (χ3n) is 5.46. The normalized spacial score (nSPS) is 17.9. The fourth-order valence-corrected chi connectivity index (χ4v) is 3.78. The Hall–Kier alpha value is -2.80. The van der Waals surface area contributed by atoms with Gasteiger partial charge < -0.3 is 10.6 Å². The highest BCUT2D eigenvalue weighted by Gasteiger charge is 2.29. The largest absolute Gasteiger partial charge is 0.317 e. The van der Waals surface area contributed by atoms with Crippen LogP contribution in [0.15, 0.2) is 36.8 Å². The zero-order valence-electron chi connectivity index (χ0n) is 15.1. The molecule has 1 saturated carbocycles. The molecule has 138 valence electrons. The smallest absolute Gasteiger partial charge is 0.258 e. The van der Waals surface area contributed by atoms with Gasteiger partial charge in [-0.1, -0.05) is 0 Å². The van der Waals surface area contributed by atoms with Gasteiger partial charge in [-0.2, -0.15) is 9.61 Å². The third kappa shape index (κ3) is 3.19. The fraction of sp³-hybridized carbons (Fsp3) is 0.400. The van der Waals surface area contributed by atoms with Crippen molar-refractivity contribution < 1.29 is 4.79 Å². The number of piperidine rings is 1. The van der Waals surface area contributed by atoms with E-state index in [0.29, 0.717) is 23.2 Å². The molecule has 1 aliphatic carbocycles. The van der Waals surface area contributed by atoms with Crippen LogP contribution >= 0.6 is 0 Å². The molecule has 5 rings (SSSR count). The molecule has 27 heavy (non-hydrogen) atoms. The van der Waals surface area contributed by atoms with Crippen molar-refractivity contribution in [1.29, 1.82) is 0 Å². The molecule has 2 N–H and O–H groups in total. The molecule has 0 atom stereocenters. The van der Waals surface area contributed by atoms with Crippen molar-refractivity contribution >= 4 is 17.4 Å². The van der Waals surface area contributed by atoms with Gasteiger partial charge in [0, 0.05) is 35.6 Å². The maximum Gasteiger partial charge on any atom is 0.258 e. The molecule has 2 aliphatic rings. The predicted octanol–water partition coefficient (Wildman–Crippen LogP) is 2.72. The van der Waals surface area contributed by atoms with Crippen LogP contribution in [0, 0.1) is 0 Å². The van der Waals surface area contributed by atoms with Crippen LogP contribution in [-0.4, -0.2) is 38.6 Å². The molecular formula is C20H22N6O. The van der Waals surface area contributed by atoms with Gasteiger partial charge in [-0.15, -0.1) is 0 Å². The van der Waals surface area contributed by atoms with Crippen molar-refractivity contribution in [3.63, 3.8) is 0 Å². The quantitative estimate of drug-likeness (QED) is 0.745. The Balaban J connectivity index is 1.56. The van der Waals surface area contributed by atoms with E-state index in [1.807, 2.05) is 12.3 Å². The Morgan fingerprint density at radius 3 is 2.74 bits per heavy atom. The van der Waals surface area contributed by atoms with Crippen molar-refractivity contribution in [3.8, 4) is 0 Å². The number of amides is 1. The number of pyridine rings is 1. The lowest BCUT2D eigenvalue weighted by molar-refractivity contribution is 0.102. The van der Waals surface area contributed by atoms with E-state index >= 15 is 0 Å². The van der Waals surface area contributed by atoms with Crippen LogP contribution in [0.5, 0.6) is 0 Å². The van der Waals surface area contributed by atoms with E-state index in [-0.39, 0.29) is 5.91 Å². The molecule has 0 radical (unpaired) electrons. The van der Waals surface area contributed by atoms with Gasteiger partial charge in [0.15, 0.2) is 5.65 Å². The number of fused-ring (bicyclic) bond motifs is 1. The topological polar surface area (TPSA) is 84.2 Å². The third-order valence-corrected chi connectivity index (χ3v) is 5.46. The monoisotopic (exact) mass is 362 g/mol. The number of carbonyl (C=O) groups excluding carboxylic acids is 1. The number of carbonyl (C=O) groups is 1. The average molecular weight is 362 g/mol. The lowest BCUT2D eigenvalue weighted by Crippen LogP contribution is -2.27. The number of hydrogen-bond donors (Lipinski definition) is 2. The molecule has 1 aliphatic heterocycles. The summed E-state index contributed by atoms with van der Waals surface area (Å²) in [5.41, 5.74) is 3.66. The van der Waals surface area contributed by atoms with Crippen LogP contribution < -0.4 is 10.6 Å². The van der Waals surface area contributed by atoms with Gasteiger partial charge in [0.1, 0.15) is 5.82 Å². The van der Waals surface area contributed by atoms with Gasteiger partial charge in [-0.3, -0.25) is 9.78 Å². The van der Waals surface area contributed by atoms with Crippen LogP contribution in [0.1, 0.15) is 59.1 Å². The van der Waals surface area contributed by atoms with Crippen molar-refractivity contribution in [2.75, 3.05) is 18.4 Å². The summed E-state index contributed by atoms with van der Waals surface area (Å²) in [6.07, 6.45) is 9.65. The SMILES string of the molecule is O=C(Nc1cc(C2CCNCC2)nc2c(C3CC3)cnn12)c1cccnc1. The minimum Gasteiger partial charge on any atom is -0.317 e. The van der Waals surface area contributed by atoms with E-state index in [2.05, 4.69) is 20.7 Å². The summed E-state index contributed by atoms with van der Waals surface area (Å²) in [5.74, 6) is 1.46. The molecule has 0 unspecified atom stereocenters. The van der Waals surface area contributed by atoms with Crippen molar-refractivity contribution in [1.82, 2.24) is 24.9 Å². The average Bonchev–Trinajstić information content (AvgIpc) is 3.48. The zero-order valence-corrected chi connectivity index (χ0v) is 15.1. The maximum absolute atomic E-state index is 12.7. The first-order valence-corrected chi connectivity index (χ1v) is 9.60. The molecule has 0 spiro atoms. The summed E-state index contributed by atoms with van der Waals surface area (Å²) < 4.78 is 1.77. The number of anilines is 1. The molecule has 7 heteroatoms. The summed E-state index contributed by atoms with van der Waals surface area (Å²) in [5, 5.41) is 10.9. The molecule has 3 aromatic heterocycles. The highest BCUT2D eigenvalue weighted by atomic mass is 16.1. The molecule has 0 bridgehead atoms. The Morgan fingerprint density at radius 2 is 2.00 bits per heavy atom. The lowest BCUT2D eigenvalue weighted by Gasteiger charge is -2.23. The Kier molecular flexibility index (Phi) is 4.09. The molecule has 0 aromatic carbocycles. The summed E-state index contributed by atoms with van der Waals surface area (Å²) in [7, 11) is 0. The first-order valence-electron chi connectivity index (χ1n) is 9.60. The highest BCUT2D eigenvalue weighted by molar-refractivity contribution is 6.03. The van der Waals surface area contributed by atoms with Crippen LogP contribution in [-0.2, 0) is 0 Å². The molecule has 7 nitrogen and oxygen atoms in total. The standard InChI is InChI=1S/C20H22N6O/c27-20(15-2-1-7-22-11-15)25-18-10-17(14-5-8-21-9-6-14)24-19-16(13-3-4-13)12-23-26(18)19/h1-2,7,10-14,21H,3-6,8-9H2,(H,25,27). The molecular weight excluding hydrogens is 340 g/mol. The highest BCUT2D eigenvalue weighted by Crippen LogP contribution is 2.42. The Labute approximate surface area is 157 Å². The second-order valence-electron chi connectivity index (χ2n) is 7.40. The number of rotatable bonds is 4. The molecule has 3 aromatic rings. The van der Waals surface area contributed by atoms with Gasteiger partial charge in [0.2, 0.25) is 0 Å². The van der Waals surface area contributed by atoms with Gasteiger partial charge in [-0.25, -0.2) is 4.98 Å². The van der Waals surface area contributed by atoms with E-state index in [1.165, 1.54) is 18.4 Å². The Bertz CT molecular complexity index is 973. The van der Waals surface area contributed by atoms with Gasteiger partial charge in [0.25, 0.3) is 5.91 Å². The number of hydrogen-bond acceptors (Lipinski definition) is 5. The van der Waals surface area contributed by atoms with E-state index in [1.54, 1.807) is 29.0 Å². The first kappa shape index (κ1) is 16.4. The number of nitrogens with zero attached hydrogens (tertiary/aromatic N) is 4. The van der Waals surface area contributed by atoms with Gasteiger partial charge in [-0.05, 0) is 56.8 Å². The van der Waals surface area contributed by atoms with E-state index < -0.39 is 0 Å². The van der Waals surface area contributed by atoms with Crippen LogP contribution in [0.4, 0.5) is 5.82 Å². The van der Waals surface area contributed by atoms with Crippen LogP contribution in [0.2, 0.25) is 0 Å². The molecule has 4 heterocycles. The summed E-state index contributed by atoms with van der Waals surface area (Å²) >= 11 is 0. The van der Waals surface area contributed by atoms with Crippen molar-refractivity contribution in [2.24, 2.45) is 0 Å². The van der Waals surface area contributed by atoms with E-state index in [0.717, 1.165) is 37.3 Å². The second kappa shape index (κ2) is 6.74. The van der Waals surface area contributed by atoms with Gasteiger partial charge in [0.05, 0.1) is 11.8 Å². The van der Waals surface area contributed by atoms with Crippen molar-refractivity contribution in [3.05, 3.63) is 53.6 Å². The van der Waals surface area contributed by atoms with E-state index in [4.69, 9.17) is 4.98 Å². The fourth-order valence-electron chi connectivity index (χ4n) is 3.78. The second-order valence-corrected chi connectivity index (χ2v) is 7.40. The maximum atomic E-state index is 12.7. The van der Waals surface area contributed by atoms with Crippen molar-refractivity contribution in [2.45, 2.75) is 37.5 Å². The Morgan fingerprint density at radius 1 is 1.15 bits per heavy atom. The van der Waals surface area contributed by atoms with Gasteiger partial charge >= 0.3 is 0 Å². The minimum absolute atomic E-state index is 0.185. The van der Waals surface area contributed by atoms with E-state index in [9.17, 15) is 4.79 Å². The number of nitrogens with one attached hydrogen (secondary N) is 2. The zero-order chi connectivity index (χ0) is 18.2. The predicted molar refractivity (Wildman–Crippen MR) is 102 cm³/mol. The van der Waals surface area contributed by atoms with Crippen LogP contribution in [0.25, 0.3) is 5.65 Å². The first-order chi connectivity index (χ1) is 13.3. The number of aromatic nitrogens is 4. The molecule has 2 fully saturated rings. The summed E-state index contributed by atoms with van der Waals surface area (Å²) in [4.78, 5) is 21.7. The molecule has 1 saturated heterocycles. The summed E-state index contributed by atoms with van der Waals surface area (Å²) in [6.45, 7) is 2.01. The van der Waals surface area contributed by atoms with Crippen LogP contribution in [0.3, 0.4) is 0 Å². The molecule has 1 amide bonds. The lowest BCUT2D eigenvalue weighted by atomic mass is 9.94.